The van der Waals surface area contributed by atoms with E-state index in [1.807, 2.05) is 27.7 Å². The molecule has 0 amide bonds. The molecule has 0 saturated carbocycles. The van der Waals surface area contributed by atoms with Gasteiger partial charge in [-0.1, -0.05) is 12.1 Å². The average Bonchev–Trinajstić information content (AvgIpc) is 2.77. The Morgan fingerprint density at radius 2 is 1.48 bits per heavy atom. The molecule has 0 radical (unpaired) electrons. The molecule has 1 fully saturated rings. The van der Waals surface area contributed by atoms with Gasteiger partial charge >= 0.3 is 7.12 Å². The Labute approximate surface area is 146 Å². The fraction of sp³-hybridized carbons (Fsp3) is 0.333. The Balaban J connectivity index is 1.77. The summed E-state index contributed by atoms with van der Waals surface area (Å²) in [6, 6.07) is 5.99. The molecule has 2 aromatic rings. The van der Waals surface area contributed by atoms with Gasteiger partial charge in [-0.15, -0.1) is 0 Å². The third kappa shape index (κ3) is 3.62. The monoisotopic (exact) mass is 344 g/mol. The molecule has 0 atom stereocenters. The molecule has 1 aliphatic rings. The van der Waals surface area contributed by atoms with E-state index in [9.17, 15) is 8.78 Å². The first-order chi connectivity index (χ1) is 11.7. The second-order valence-electron chi connectivity index (χ2n) is 6.95. The number of halogens is 2. The minimum Gasteiger partial charge on any atom is -0.398 e. The van der Waals surface area contributed by atoms with Crippen LogP contribution in [0.1, 0.15) is 33.5 Å². The smallest absolute Gasteiger partial charge is 0.398 e. The quantitative estimate of drug-likeness (QED) is 0.782. The molecule has 0 N–H and O–H groups in total. The van der Waals surface area contributed by atoms with Crippen LogP contribution in [0, 0.1) is 5.82 Å². The van der Waals surface area contributed by atoms with Crippen LogP contribution in [0.15, 0.2) is 42.4 Å². The molecule has 25 heavy (non-hydrogen) atoms. The molecule has 1 aromatic carbocycles. The molecule has 0 unspecified atom stereocenters. The van der Waals surface area contributed by atoms with Gasteiger partial charge in [-0.25, -0.2) is 18.7 Å². The Bertz CT molecular complexity index is 774. The van der Waals surface area contributed by atoms with Crippen molar-refractivity contribution in [2.45, 2.75) is 38.9 Å². The first-order valence-corrected chi connectivity index (χ1v) is 7.99. The average molecular weight is 344 g/mol. The van der Waals surface area contributed by atoms with Gasteiger partial charge in [0.25, 0.3) is 0 Å². The van der Waals surface area contributed by atoms with Crippen molar-refractivity contribution in [3.8, 4) is 11.1 Å². The molecule has 130 valence electrons. The van der Waals surface area contributed by atoms with Gasteiger partial charge in [0, 0.05) is 24.0 Å². The second kappa shape index (κ2) is 6.31. The van der Waals surface area contributed by atoms with E-state index in [0.29, 0.717) is 5.56 Å². The zero-order valence-electron chi connectivity index (χ0n) is 14.6. The van der Waals surface area contributed by atoms with Crippen LogP contribution in [0.3, 0.4) is 0 Å². The highest BCUT2D eigenvalue weighted by molar-refractivity contribution is 6.54. The maximum absolute atomic E-state index is 14.4. The number of hydrogen-bond donors (Lipinski definition) is 0. The molecular formula is C18H19BF2N2O2. The van der Waals surface area contributed by atoms with Crippen molar-refractivity contribution >= 4 is 13.2 Å². The van der Waals surface area contributed by atoms with E-state index < -0.39 is 24.0 Å². The van der Waals surface area contributed by atoms with Gasteiger partial charge < -0.3 is 9.31 Å². The van der Waals surface area contributed by atoms with Crippen molar-refractivity contribution in [3.63, 3.8) is 0 Å². The second-order valence-corrected chi connectivity index (χ2v) is 6.95. The Morgan fingerprint density at radius 1 is 0.960 bits per heavy atom. The SMILES string of the molecule is CC1(C)OB(C(F)=Cc2ncc(-c3ccc(F)cc3)cn2)OC1(C)C. The van der Waals surface area contributed by atoms with Crippen LogP contribution in [-0.2, 0) is 9.31 Å². The minimum atomic E-state index is -1.08. The first kappa shape index (κ1) is 17.7. The van der Waals surface area contributed by atoms with Crippen LogP contribution in [0.2, 0.25) is 0 Å². The van der Waals surface area contributed by atoms with E-state index in [4.69, 9.17) is 9.31 Å². The fourth-order valence-electron chi connectivity index (χ4n) is 2.35. The molecular weight excluding hydrogens is 325 g/mol. The lowest BCUT2D eigenvalue weighted by Gasteiger charge is -2.32. The maximum atomic E-state index is 14.4. The van der Waals surface area contributed by atoms with Gasteiger partial charge in [0.2, 0.25) is 0 Å². The van der Waals surface area contributed by atoms with Crippen molar-refractivity contribution < 1.29 is 18.1 Å². The van der Waals surface area contributed by atoms with Gasteiger partial charge in [0.05, 0.1) is 11.2 Å². The highest BCUT2D eigenvalue weighted by atomic mass is 19.1. The Morgan fingerprint density at radius 3 is 2.00 bits per heavy atom. The molecule has 1 aliphatic heterocycles. The molecule has 4 nitrogen and oxygen atoms in total. The summed E-state index contributed by atoms with van der Waals surface area (Å²) in [5.41, 5.74) is -0.323. The summed E-state index contributed by atoms with van der Waals surface area (Å²) in [6.07, 6.45) is 4.31. The summed E-state index contributed by atoms with van der Waals surface area (Å²) >= 11 is 0. The fourth-order valence-corrected chi connectivity index (χ4v) is 2.35. The highest BCUT2D eigenvalue weighted by Crippen LogP contribution is 2.38. The summed E-state index contributed by atoms with van der Waals surface area (Å²) in [5, 5.41) is 0. The number of rotatable bonds is 3. The molecule has 0 bridgehead atoms. The summed E-state index contributed by atoms with van der Waals surface area (Å²) in [5.74, 6) is -0.105. The van der Waals surface area contributed by atoms with Crippen LogP contribution in [0.5, 0.6) is 0 Å². The van der Waals surface area contributed by atoms with E-state index >= 15 is 0 Å². The number of nitrogens with zero attached hydrogens (tertiary/aromatic N) is 2. The number of benzene rings is 1. The topological polar surface area (TPSA) is 44.2 Å². The zero-order valence-corrected chi connectivity index (χ0v) is 14.6. The minimum absolute atomic E-state index is 0.207. The number of hydrogen-bond acceptors (Lipinski definition) is 4. The molecule has 0 aliphatic carbocycles. The lowest BCUT2D eigenvalue weighted by Crippen LogP contribution is -2.41. The summed E-state index contributed by atoms with van der Waals surface area (Å²) < 4.78 is 38.7. The third-order valence-electron chi connectivity index (χ3n) is 4.59. The predicted molar refractivity (Wildman–Crippen MR) is 92.6 cm³/mol. The number of aromatic nitrogens is 2. The normalized spacial score (nSPS) is 19.3. The van der Waals surface area contributed by atoms with Crippen molar-refractivity contribution in [3.05, 3.63) is 54.0 Å². The third-order valence-corrected chi connectivity index (χ3v) is 4.59. The molecule has 1 aromatic heterocycles. The largest absolute Gasteiger partial charge is 0.525 e. The van der Waals surface area contributed by atoms with Gasteiger partial charge in [0.15, 0.2) is 5.82 Å². The van der Waals surface area contributed by atoms with E-state index in [0.717, 1.165) is 5.56 Å². The van der Waals surface area contributed by atoms with Gasteiger partial charge in [-0.2, -0.15) is 0 Å². The summed E-state index contributed by atoms with van der Waals surface area (Å²) in [7, 11) is -1.08. The van der Waals surface area contributed by atoms with Crippen LogP contribution >= 0.6 is 0 Å². The van der Waals surface area contributed by atoms with Gasteiger partial charge in [0.1, 0.15) is 11.5 Å². The van der Waals surface area contributed by atoms with Crippen molar-refractivity contribution in [2.24, 2.45) is 0 Å². The van der Waals surface area contributed by atoms with E-state index in [1.165, 1.54) is 18.2 Å². The van der Waals surface area contributed by atoms with Crippen molar-refractivity contribution in [2.75, 3.05) is 0 Å². The molecule has 1 saturated heterocycles. The molecule has 2 heterocycles. The Hall–Kier alpha value is -2.12. The lowest BCUT2D eigenvalue weighted by molar-refractivity contribution is 0.00578. The van der Waals surface area contributed by atoms with Gasteiger partial charge in [-0.3, -0.25) is 0 Å². The summed E-state index contributed by atoms with van der Waals surface area (Å²) in [4.78, 5) is 8.26. The van der Waals surface area contributed by atoms with E-state index in [2.05, 4.69) is 9.97 Å². The lowest BCUT2D eigenvalue weighted by atomic mass is 9.87. The molecule has 7 heteroatoms. The standard InChI is InChI=1S/C18H19BF2N2O2/c1-17(2)18(3,4)25-19(24-17)15(21)9-16-22-10-13(11-23-16)12-5-7-14(20)8-6-12/h5-11H,1-4H3. The van der Waals surface area contributed by atoms with Gasteiger partial charge in [-0.05, 0) is 45.4 Å². The van der Waals surface area contributed by atoms with Crippen LogP contribution in [0.4, 0.5) is 8.78 Å². The van der Waals surface area contributed by atoms with E-state index in [1.54, 1.807) is 24.5 Å². The van der Waals surface area contributed by atoms with Crippen LogP contribution < -0.4 is 0 Å². The van der Waals surface area contributed by atoms with Crippen molar-refractivity contribution in [1.29, 1.82) is 0 Å². The predicted octanol–water partition coefficient (Wildman–Crippen LogP) is 4.22. The molecule has 3 rings (SSSR count). The molecule has 0 spiro atoms. The van der Waals surface area contributed by atoms with E-state index in [-0.39, 0.29) is 11.6 Å². The maximum Gasteiger partial charge on any atom is 0.525 e. The van der Waals surface area contributed by atoms with Crippen LogP contribution in [0.25, 0.3) is 17.2 Å². The highest BCUT2D eigenvalue weighted by Gasteiger charge is 2.53. The zero-order chi connectivity index (χ0) is 18.2. The first-order valence-electron chi connectivity index (χ1n) is 7.99. The van der Waals surface area contributed by atoms with Crippen LogP contribution in [-0.4, -0.2) is 28.3 Å². The summed E-state index contributed by atoms with van der Waals surface area (Å²) in [6.45, 7) is 7.42. The Kier molecular flexibility index (Phi) is 4.47. The van der Waals surface area contributed by atoms with Crippen molar-refractivity contribution in [1.82, 2.24) is 9.97 Å².